The molecule has 1 aliphatic carbocycles. The van der Waals surface area contributed by atoms with Crippen LogP contribution in [0.3, 0.4) is 0 Å². The second kappa shape index (κ2) is 6.73. The standard InChI is InChI=1S/C15H25NO3/c1-9(2)13-7-6-10(3)8-14(13)19-15(18)11(4)16-12(5)17/h9-10,13-14H,4,6-8H2,1-3,5H3,(H,16,17)/t10-,13+,14+/m1/s1. The van der Waals surface area contributed by atoms with E-state index >= 15 is 0 Å². The predicted octanol–water partition coefficient (Wildman–Crippen LogP) is 2.64. The highest BCUT2D eigenvalue weighted by molar-refractivity contribution is 5.92. The van der Waals surface area contributed by atoms with E-state index in [1.807, 2.05) is 0 Å². The molecule has 1 N–H and O–H groups in total. The van der Waals surface area contributed by atoms with Gasteiger partial charge in [0, 0.05) is 6.92 Å². The summed E-state index contributed by atoms with van der Waals surface area (Å²) in [6.07, 6.45) is 3.09. The summed E-state index contributed by atoms with van der Waals surface area (Å²) in [7, 11) is 0. The van der Waals surface area contributed by atoms with Crippen LogP contribution in [0.15, 0.2) is 12.3 Å². The van der Waals surface area contributed by atoms with E-state index in [4.69, 9.17) is 4.74 Å². The normalized spacial score (nSPS) is 26.9. The number of rotatable bonds is 4. The number of carbonyl (C=O) groups excluding carboxylic acids is 2. The summed E-state index contributed by atoms with van der Waals surface area (Å²) in [5.74, 6) is 0.630. The lowest BCUT2D eigenvalue weighted by Crippen LogP contribution is -2.37. The molecule has 0 unspecified atom stereocenters. The molecule has 0 aromatic rings. The van der Waals surface area contributed by atoms with Gasteiger partial charge in [-0.05, 0) is 30.6 Å². The molecule has 0 aromatic carbocycles. The molecule has 1 rings (SSSR count). The molecule has 0 saturated heterocycles. The van der Waals surface area contributed by atoms with Crippen molar-refractivity contribution >= 4 is 11.9 Å². The predicted molar refractivity (Wildman–Crippen MR) is 74.2 cm³/mol. The van der Waals surface area contributed by atoms with Crippen LogP contribution in [0.4, 0.5) is 0 Å². The molecule has 0 heterocycles. The lowest BCUT2D eigenvalue weighted by molar-refractivity contribution is -0.152. The Labute approximate surface area is 115 Å². The number of amides is 1. The average Bonchev–Trinajstić information content (AvgIpc) is 2.27. The summed E-state index contributed by atoms with van der Waals surface area (Å²) in [5, 5.41) is 2.38. The fourth-order valence-electron chi connectivity index (χ4n) is 2.72. The van der Waals surface area contributed by atoms with Crippen molar-refractivity contribution in [2.24, 2.45) is 17.8 Å². The number of nitrogens with one attached hydrogen (secondary N) is 1. The molecule has 0 aliphatic heterocycles. The van der Waals surface area contributed by atoms with Crippen LogP contribution >= 0.6 is 0 Å². The lowest BCUT2D eigenvalue weighted by Gasteiger charge is -2.36. The van der Waals surface area contributed by atoms with Crippen LogP contribution in [-0.4, -0.2) is 18.0 Å². The zero-order chi connectivity index (χ0) is 14.6. The van der Waals surface area contributed by atoms with Gasteiger partial charge in [-0.1, -0.05) is 33.8 Å². The van der Waals surface area contributed by atoms with Gasteiger partial charge in [0.2, 0.25) is 5.91 Å². The Bertz CT molecular complexity index is 362. The third-order valence-corrected chi connectivity index (χ3v) is 3.79. The van der Waals surface area contributed by atoms with Crippen LogP contribution < -0.4 is 5.32 Å². The van der Waals surface area contributed by atoms with Crippen LogP contribution in [0.5, 0.6) is 0 Å². The maximum Gasteiger partial charge on any atom is 0.354 e. The Balaban J connectivity index is 2.63. The third-order valence-electron chi connectivity index (χ3n) is 3.79. The maximum atomic E-state index is 11.9. The van der Waals surface area contributed by atoms with E-state index in [0.717, 1.165) is 12.8 Å². The van der Waals surface area contributed by atoms with Crippen LogP contribution in [0.25, 0.3) is 0 Å². The van der Waals surface area contributed by atoms with Gasteiger partial charge in [-0.3, -0.25) is 4.79 Å². The second-order valence-corrected chi connectivity index (χ2v) is 5.93. The molecule has 19 heavy (non-hydrogen) atoms. The summed E-state index contributed by atoms with van der Waals surface area (Å²) >= 11 is 0. The van der Waals surface area contributed by atoms with Crippen molar-refractivity contribution in [3.8, 4) is 0 Å². The highest BCUT2D eigenvalue weighted by Gasteiger charge is 2.33. The summed E-state index contributed by atoms with van der Waals surface area (Å²) in [4.78, 5) is 22.8. The van der Waals surface area contributed by atoms with E-state index < -0.39 is 5.97 Å². The minimum Gasteiger partial charge on any atom is -0.457 e. The first-order valence-electron chi connectivity index (χ1n) is 6.98. The first kappa shape index (κ1) is 15.7. The first-order valence-corrected chi connectivity index (χ1v) is 6.98. The molecule has 0 aromatic heterocycles. The van der Waals surface area contributed by atoms with Crippen molar-refractivity contribution in [2.45, 2.75) is 53.1 Å². The molecule has 1 saturated carbocycles. The van der Waals surface area contributed by atoms with Crippen LogP contribution in [0.1, 0.15) is 47.0 Å². The topological polar surface area (TPSA) is 55.4 Å². The van der Waals surface area contributed by atoms with E-state index in [1.165, 1.54) is 13.3 Å². The molecular formula is C15H25NO3. The average molecular weight is 267 g/mol. The highest BCUT2D eigenvalue weighted by atomic mass is 16.5. The smallest absolute Gasteiger partial charge is 0.354 e. The Morgan fingerprint density at radius 2 is 1.95 bits per heavy atom. The fraction of sp³-hybridized carbons (Fsp3) is 0.733. The molecule has 1 aliphatic rings. The molecule has 1 fully saturated rings. The van der Waals surface area contributed by atoms with Gasteiger partial charge >= 0.3 is 5.97 Å². The Kier molecular flexibility index (Phi) is 5.58. The molecule has 0 spiro atoms. The minimum absolute atomic E-state index is 0.0215. The Hall–Kier alpha value is -1.32. The van der Waals surface area contributed by atoms with Crippen LogP contribution in [0.2, 0.25) is 0 Å². The number of hydrogen-bond donors (Lipinski definition) is 1. The Morgan fingerprint density at radius 1 is 1.32 bits per heavy atom. The molecule has 108 valence electrons. The monoisotopic (exact) mass is 267 g/mol. The van der Waals surface area contributed by atoms with Gasteiger partial charge in [0.1, 0.15) is 11.8 Å². The third kappa shape index (κ3) is 4.69. The van der Waals surface area contributed by atoms with Crippen LogP contribution in [-0.2, 0) is 14.3 Å². The van der Waals surface area contributed by atoms with Crippen molar-refractivity contribution < 1.29 is 14.3 Å². The quantitative estimate of drug-likeness (QED) is 0.629. The van der Waals surface area contributed by atoms with Gasteiger partial charge in [0.25, 0.3) is 0 Å². The van der Waals surface area contributed by atoms with E-state index in [1.54, 1.807) is 0 Å². The molecule has 3 atom stereocenters. The number of carbonyl (C=O) groups is 2. The van der Waals surface area contributed by atoms with Gasteiger partial charge in [-0.2, -0.15) is 0 Å². The van der Waals surface area contributed by atoms with Gasteiger partial charge in [0.15, 0.2) is 0 Å². The zero-order valence-corrected chi connectivity index (χ0v) is 12.4. The number of ether oxygens (including phenoxy) is 1. The molecular weight excluding hydrogens is 242 g/mol. The maximum absolute atomic E-state index is 11.9. The summed E-state index contributed by atoms with van der Waals surface area (Å²) in [6.45, 7) is 11.4. The van der Waals surface area contributed by atoms with Gasteiger partial charge in [0.05, 0.1) is 0 Å². The summed E-state index contributed by atoms with van der Waals surface area (Å²) in [5.41, 5.74) is 0.0215. The van der Waals surface area contributed by atoms with Crippen molar-refractivity contribution in [1.29, 1.82) is 0 Å². The van der Waals surface area contributed by atoms with Crippen molar-refractivity contribution in [3.05, 3.63) is 12.3 Å². The lowest BCUT2D eigenvalue weighted by atomic mass is 9.75. The van der Waals surface area contributed by atoms with E-state index in [2.05, 4.69) is 32.7 Å². The second-order valence-electron chi connectivity index (χ2n) is 5.93. The van der Waals surface area contributed by atoms with E-state index in [9.17, 15) is 9.59 Å². The van der Waals surface area contributed by atoms with Crippen molar-refractivity contribution in [2.75, 3.05) is 0 Å². The first-order chi connectivity index (χ1) is 8.81. The van der Waals surface area contributed by atoms with Gasteiger partial charge in [-0.25, -0.2) is 4.79 Å². The van der Waals surface area contributed by atoms with Gasteiger partial charge < -0.3 is 10.1 Å². The SMILES string of the molecule is C=C(NC(C)=O)C(=O)O[C@H]1C[C@H](C)CC[C@H]1C(C)C. The fourth-order valence-corrected chi connectivity index (χ4v) is 2.72. The van der Waals surface area contributed by atoms with E-state index in [-0.39, 0.29) is 17.7 Å². The van der Waals surface area contributed by atoms with Crippen molar-refractivity contribution in [3.63, 3.8) is 0 Å². The van der Waals surface area contributed by atoms with Gasteiger partial charge in [-0.15, -0.1) is 0 Å². The molecule has 4 heteroatoms. The number of esters is 1. The zero-order valence-electron chi connectivity index (χ0n) is 12.4. The van der Waals surface area contributed by atoms with Crippen molar-refractivity contribution in [1.82, 2.24) is 5.32 Å². The Morgan fingerprint density at radius 3 is 2.47 bits per heavy atom. The molecule has 1 amide bonds. The molecule has 0 bridgehead atoms. The highest BCUT2D eigenvalue weighted by Crippen LogP contribution is 2.35. The summed E-state index contributed by atoms with van der Waals surface area (Å²) < 4.78 is 5.55. The molecule has 4 nitrogen and oxygen atoms in total. The largest absolute Gasteiger partial charge is 0.457 e. The number of hydrogen-bond acceptors (Lipinski definition) is 3. The van der Waals surface area contributed by atoms with Crippen LogP contribution in [0, 0.1) is 17.8 Å². The van der Waals surface area contributed by atoms with E-state index in [0.29, 0.717) is 17.8 Å². The summed E-state index contributed by atoms with van der Waals surface area (Å²) in [6, 6.07) is 0. The minimum atomic E-state index is -0.514. The molecule has 0 radical (unpaired) electrons.